The first kappa shape index (κ1) is 12.8. The summed E-state index contributed by atoms with van der Waals surface area (Å²) in [7, 11) is 0. The minimum Gasteiger partial charge on any atom is -0.396 e. The monoisotopic (exact) mass is 258 g/mol. The van der Waals surface area contributed by atoms with Crippen LogP contribution >= 0.6 is 11.6 Å². The van der Waals surface area contributed by atoms with Gasteiger partial charge in [0.15, 0.2) is 0 Å². The third-order valence-electron chi connectivity index (χ3n) is 3.28. The minimum atomic E-state index is -0.325. The lowest BCUT2D eigenvalue weighted by Gasteiger charge is -2.13. The van der Waals surface area contributed by atoms with Crippen LogP contribution < -0.4 is 0 Å². The number of hydrogen-bond acceptors (Lipinski definition) is 2. The Hall–Kier alpha value is -0.640. The lowest BCUT2D eigenvalue weighted by Crippen LogP contribution is -2.10. The van der Waals surface area contributed by atoms with E-state index in [-0.39, 0.29) is 25.1 Å². The average Bonchev–Trinajstić information content (AvgIpc) is 2.76. The van der Waals surface area contributed by atoms with Gasteiger partial charge in [0, 0.05) is 17.2 Å². The highest BCUT2D eigenvalue weighted by molar-refractivity contribution is 6.31. The van der Waals surface area contributed by atoms with E-state index in [0.29, 0.717) is 16.5 Å². The smallest absolute Gasteiger partial charge is 0.130 e. The average molecular weight is 259 g/mol. The van der Waals surface area contributed by atoms with Crippen LogP contribution in [0.5, 0.6) is 0 Å². The third-order valence-corrected chi connectivity index (χ3v) is 3.63. The maximum absolute atomic E-state index is 13.5. The first-order chi connectivity index (χ1) is 8.20. The van der Waals surface area contributed by atoms with E-state index >= 15 is 0 Å². The summed E-state index contributed by atoms with van der Waals surface area (Å²) >= 11 is 5.91. The first-order valence-corrected chi connectivity index (χ1v) is 6.24. The van der Waals surface area contributed by atoms with Crippen molar-refractivity contribution in [2.24, 2.45) is 5.92 Å². The highest BCUT2D eigenvalue weighted by Crippen LogP contribution is 2.29. The van der Waals surface area contributed by atoms with Gasteiger partial charge >= 0.3 is 0 Å². The molecular weight excluding hydrogens is 243 g/mol. The lowest BCUT2D eigenvalue weighted by molar-refractivity contribution is 0.0393. The molecule has 0 aromatic heterocycles. The fourth-order valence-electron chi connectivity index (χ4n) is 2.22. The quantitative estimate of drug-likeness (QED) is 0.899. The van der Waals surface area contributed by atoms with Crippen molar-refractivity contribution in [2.75, 3.05) is 6.61 Å². The van der Waals surface area contributed by atoms with Gasteiger partial charge in [-0.05, 0) is 37.3 Å². The Morgan fingerprint density at radius 2 is 2.24 bits per heavy atom. The maximum atomic E-state index is 13.5. The largest absolute Gasteiger partial charge is 0.396 e. The molecule has 17 heavy (non-hydrogen) atoms. The predicted molar refractivity (Wildman–Crippen MR) is 64.4 cm³/mol. The van der Waals surface area contributed by atoms with E-state index in [1.165, 1.54) is 6.07 Å². The van der Waals surface area contributed by atoms with Crippen LogP contribution in [0.1, 0.15) is 24.8 Å². The Kier molecular flexibility index (Phi) is 4.37. The molecule has 0 unspecified atom stereocenters. The van der Waals surface area contributed by atoms with Crippen molar-refractivity contribution in [3.8, 4) is 0 Å². The van der Waals surface area contributed by atoms with Gasteiger partial charge in [0.1, 0.15) is 5.82 Å². The summed E-state index contributed by atoms with van der Waals surface area (Å²) < 4.78 is 19.1. The zero-order chi connectivity index (χ0) is 12.3. The SMILES string of the molecule is OC[C@H]1CC[C@@H](OCc2c(F)cccc2Cl)C1. The summed E-state index contributed by atoms with van der Waals surface area (Å²) in [6.45, 7) is 0.411. The summed E-state index contributed by atoms with van der Waals surface area (Å²) in [5.74, 6) is 0.00490. The van der Waals surface area contributed by atoms with Crippen LogP contribution in [0.4, 0.5) is 4.39 Å². The summed E-state index contributed by atoms with van der Waals surface area (Å²) in [6, 6.07) is 4.63. The molecule has 2 nitrogen and oxygen atoms in total. The molecule has 2 atom stereocenters. The molecule has 1 aliphatic rings. The molecule has 0 radical (unpaired) electrons. The molecule has 0 bridgehead atoms. The fourth-order valence-corrected chi connectivity index (χ4v) is 2.44. The molecule has 94 valence electrons. The van der Waals surface area contributed by atoms with E-state index in [9.17, 15) is 4.39 Å². The number of halogens is 2. The molecule has 1 saturated carbocycles. The van der Waals surface area contributed by atoms with Gasteiger partial charge in [0.2, 0.25) is 0 Å². The summed E-state index contributed by atoms with van der Waals surface area (Å²) in [5, 5.41) is 9.42. The fraction of sp³-hybridized carbons (Fsp3) is 0.538. The molecule has 0 spiro atoms. The van der Waals surface area contributed by atoms with Crippen molar-refractivity contribution < 1.29 is 14.2 Å². The second-order valence-electron chi connectivity index (χ2n) is 4.49. The van der Waals surface area contributed by atoms with Crippen LogP contribution in [-0.4, -0.2) is 17.8 Å². The van der Waals surface area contributed by atoms with E-state index in [0.717, 1.165) is 19.3 Å². The number of hydrogen-bond donors (Lipinski definition) is 1. The molecule has 4 heteroatoms. The van der Waals surface area contributed by atoms with Gasteiger partial charge in [-0.15, -0.1) is 0 Å². The summed E-state index contributed by atoms with van der Waals surface area (Å²) in [4.78, 5) is 0. The zero-order valence-corrected chi connectivity index (χ0v) is 10.3. The van der Waals surface area contributed by atoms with Crippen molar-refractivity contribution >= 4 is 11.6 Å². The molecular formula is C13H16ClFO2. The summed E-state index contributed by atoms with van der Waals surface area (Å²) in [6.07, 6.45) is 2.87. The molecule has 0 aliphatic heterocycles. The van der Waals surface area contributed by atoms with E-state index < -0.39 is 0 Å². The van der Waals surface area contributed by atoms with Gasteiger partial charge in [-0.1, -0.05) is 17.7 Å². The number of aliphatic hydroxyl groups excluding tert-OH is 1. The second kappa shape index (κ2) is 5.80. The van der Waals surface area contributed by atoms with Crippen LogP contribution in [0.3, 0.4) is 0 Å². The first-order valence-electron chi connectivity index (χ1n) is 5.86. The minimum absolute atomic E-state index is 0.114. The van der Waals surface area contributed by atoms with Crippen LogP contribution in [-0.2, 0) is 11.3 Å². The van der Waals surface area contributed by atoms with Crippen molar-refractivity contribution in [1.82, 2.24) is 0 Å². The molecule has 0 saturated heterocycles. The normalized spacial score (nSPS) is 24.2. The maximum Gasteiger partial charge on any atom is 0.130 e. The van der Waals surface area contributed by atoms with Crippen molar-refractivity contribution in [1.29, 1.82) is 0 Å². The molecule has 1 aromatic rings. The molecule has 0 heterocycles. The van der Waals surface area contributed by atoms with Crippen LogP contribution in [0.2, 0.25) is 5.02 Å². The molecule has 1 N–H and O–H groups in total. The van der Waals surface area contributed by atoms with Crippen molar-refractivity contribution in [3.05, 3.63) is 34.6 Å². The molecule has 1 aromatic carbocycles. The van der Waals surface area contributed by atoms with E-state index in [4.69, 9.17) is 21.4 Å². The van der Waals surface area contributed by atoms with Gasteiger partial charge in [-0.2, -0.15) is 0 Å². The van der Waals surface area contributed by atoms with E-state index in [2.05, 4.69) is 0 Å². The third kappa shape index (κ3) is 3.18. The Labute approximate surface area is 105 Å². The molecule has 0 amide bonds. The molecule has 2 rings (SSSR count). The lowest BCUT2D eigenvalue weighted by atomic mass is 10.1. The van der Waals surface area contributed by atoms with Gasteiger partial charge in [-0.25, -0.2) is 4.39 Å². The molecule has 1 fully saturated rings. The predicted octanol–water partition coefficient (Wildman–Crippen LogP) is 3.16. The van der Waals surface area contributed by atoms with Crippen molar-refractivity contribution in [2.45, 2.75) is 32.0 Å². The number of ether oxygens (including phenoxy) is 1. The number of rotatable bonds is 4. The Morgan fingerprint density at radius 1 is 1.41 bits per heavy atom. The van der Waals surface area contributed by atoms with Gasteiger partial charge in [-0.3, -0.25) is 0 Å². The number of aliphatic hydroxyl groups is 1. The number of benzene rings is 1. The van der Waals surface area contributed by atoms with Crippen LogP contribution in [0.25, 0.3) is 0 Å². The zero-order valence-electron chi connectivity index (χ0n) is 9.53. The van der Waals surface area contributed by atoms with E-state index in [1.807, 2.05) is 0 Å². The van der Waals surface area contributed by atoms with Crippen LogP contribution in [0.15, 0.2) is 18.2 Å². The Balaban J connectivity index is 1.90. The van der Waals surface area contributed by atoms with Crippen LogP contribution in [0, 0.1) is 11.7 Å². The summed E-state index contributed by atoms with van der Waals surface area (Å²) in [5.41, 5.74) is 0.418. The standard InChI is InChI=1S/C13H16ClFO2/c14-12-2-1-3-13(15)11(12)8-17-10-5-4-9(6-10)7-16/h1-3,9-10,16H,4-8H2/t9-,10+/m0/s1. The Morgan fingerprint density at radius 3 is 2.88 bits per heavy atom. The van der Waals surface area contributed by atoms with Gasteiger partial charge in [0.05, 0.1) is 12.7 Å². The second-order valence-corrected chi connectivity index (χ2v) is 4.90. The van der Waals surface area contributed by atoms with Crippen molar-refractivity contribution in [3.63, 3.8) is 0 Å². The van der Waals surface area contributed by atoms with Gasteiger partial charge < -0.3 is 9.84 Å². The topological polar surface area (TPSA) is 29.5 Å². The Bertz CT molecular complexity index is 363. The van der Waals surface area contributed by atoms with Gasteiger partial charge in [0.25, 0.3) is 0 Å². The highest BCUT2D eigenvalue weighted by Gasteiger charge is 2.25. The highest BCUT2D eigenvalue weighted by atomic mass is 35.5. The van der Waals surface area contributed by atoms with E-state index in [1.54, 1.807) is 12.1 Å². The molecule has 1 aliphatic carbocycles.